The molecule has 4 heteroatoms. The molecule has 0 spiro atoms. The highest BCUT2D eigenvalue weighted by Crippen LogP contribution is 2.26. The Morgan fingerprint density at radius 3 is 2.83 bits per heavy atom. The molecule has 18 heavy (non-hydrogen) atoms. The molecule has 100 valence electrons. The molecular weight excluding hydrogens is 228 g/mol. The smallest absolute Gasteiger partial charge is 0.290 e. The standard InChI is InChI=1S/C14H22N2O2/c1-9-5-4-6-16(12(9)8-15)14(17)13-10(2)7-11(3)18-13/h7,9,12H,4-6,8,15H2,1-3H3. The van der Waals surface area contributed by atoms with E-state index in [4.69, 9.17) is 10.2 Å². The summed E-state index contributed by atoms with van der Waals surface area (Å²) >= 11 is 0. The number of rotatable bonds is 2. The molecule has 2 unspecified atom stereocenters. The van der Waals surface area contributed by atoms with Crippen LogP contribution in [0.2, 0.25) is 0 Å². The fraction of sp³-hybridized carbons (Fsp3) is 0.643. The van der Waals surface area contributed by atoms with Gasteiger partial charge in [0.2, 0.25) is 0 Å². The molecule has 2 heterocycles. The molecule has 1 aliphatic rings. The Hall–Kier alpha value is -1.29. The first-order chi connectivity index (χ1) is 8.54. The highest BCUT2D eigenvalue weighted by atomic mass is 16.4. The van der Waals surface area contributed by atoms with Crippen molar-refractivity contribution in [3.63, 3.8) is 0 Å². The van der Waals surface area contributed by atoms with Gasteiger partial charge in [0.05, 0.1) is 0 Å². The van der Waals surface area contributed by atoms with E-state index in [-0.39, 0.29) is 11.9 Å². The van der Waals surface area contributed by atoms with Crippen LogP contribution in [0.15, 0.2) is 10.5 Å². The summed E-state index contributed by atoms with van der Waals surface area (Å²) in [5.74, 6) is 1.71. The van der Waals surface area contributed by atoms with Crippen molar-refractivity contribution in [1.29, 1.82) is 0 Å². The SMILES string of the molecule is Cc1cc(C)c(C(=O)N2CCCC(C)C2CN)o1. The van der Waals surface area contributed by atoms with E-state index in [1.807, 2.05) is 24.8 Å². The van der Waals surface area contributed by atoms with Gasteiger partial charge in [-0.15, -0.1) is 0 Å². The third-order valence-corrected chi connectivity index (χ3v) is 3.85. The summed E-state index contributed by atoms with van der Waals surface area (Å²) in [6, 6.07) is 2.04. The molecule has 1 amide bonds. The molecule has 2 atom stereocenters. The minimum absolute atomic E-state index is 0.0115. The number of nitrogens with two attached hydrogens (primary N) is 1. The van der Waals surface area contributed by atoms with E-state index in [0.29, 0.717) is 18.2 Å². The average Bonchev–Trinajstić information content (AvgIpc) is 2.67. The Kier molecular flexibility index (Phi) is 3.76. The Balaban J connectivity index is 2.24. The van der Waals surface area contributed by atoms with Gasteiger partial charge in [-0.1, -0.05) is 6.92 Å². The van der Waals surface area contributed by atoms with E-state index < -0.39 is 0 Å². The second-order valence-electron chi connectivity index (χ2n) is 5.29. The molecule has 0 aliphatic carbocycles. The lowest BCUT2D eigenvalue weighted by atomic mass is 9.90. The first-order valence-electron chi connectivity index (χ1n) is 6.62. The van der Waals surface area contributed by atoms with Gasteiger partial charge in [0.25, 0.3) is 5.91 Å². The van der Waals surface area contributed by atoms with Crippen LogP contribution in [0.4, 0.5) is 0 Å². The topological polar surface area (TPSA) is 59.5 Å². The van der Waals surface area contributed by atoms with Gasteiger partial charge in [0.15, 0.2) is 5.76 Å². The van der Waals surface area contributed by atoms with Gasteiger partial charge in [-0.25, -0.2) is 0 Å². The number of hydrogen-bond acceptors (Lipinski definition) is 3. The van der Waals surface area contributed by atoms with E-state index in [1.54, 1.807) is 0 Å². The van der Waals surface area contributed by atoms with Crippen molar-refractivity contribution < 1.29 is 9.21 Å². The van der Waals surface area contributed by atoms with Crippen LogP contribution in [0.1, 0.15) is 41.6 Å². The van der Waals surface area contributed by atoms with Gasteiger partial charge in [-0.2, -0.15) is 0 Å². The zero-order valence-corrected chi connectivity index (χ0v) is 11.4. The van der Waals surface area contributed by atoms with Crippen molar-refractivity contribution in [3.05, 3.63) is 23.2 Å². The minimum Gasteiger partial charge on any atom is -0.456 e. The zero-order chi connectivity index (χ0) is 13.3. The molecule has 1 aromatic rings. The number of carbonyl (C=O) groups is 1. The fourth-order valence-corrected chi connectivity index (χ4v) is 2.84. The van der Waals surface area contributed by atoms with Crippen LogP contribution in [-0.4, -0.2) is 29.9 Å². The molecule has 2 rings (SSSR count). The predicted octanol–water partition coefficient (Wildman–Crippen LogP) is 2.10. The summed E-state index contributed by atoms with van der Waals surface area (Å²) in [5.41, 5.74) is 6.73. The molecular formula is C14H22N2O2. The quantitative estimate of drug-likeness (QED) is 0.874. The number of nitrogens with zero attached hydrogens (tertiary/aromatic N) is 1. The second-order valence-corrected chi connectivity index (χ2v) is 5.29. The lowest BCUT2D eigenvalue weighted by Gasteiger charge is -2.39. The molecule has 0 bridgehead atoms. The third-order valence-electron chi connectivity index (χ3n) is 3.85. The maximum absolute atomic E-state index is 12.5. The van der Waals surface area contributed by atoms with Crippen LogP contribution >= 0.6 is 0 Å². The Morgan fingerprint density at radius 1 is 1.56 bits per heavy atom. The van der Waals surface area contributed by atoms with Crippen molar-refractivity contribution in [3.8, 4) is 0 Å². The first kappa shape index (κ1) is 13.1. The van der Waals surface area contributed by atoms with Crippen LogP contribution in [0.25, 0.3) is 0 Å². The maximum Gasteiger partial charge on any atom is 0.290 e. The molecule has 0 saturated carbocycles. The van der Waals surface area contributed by atoms with Crippen molar-refractivity contribution >= 4 is 5.91 Å². The van der Waals surface area contributed by atoms with Crippen LogP contribution in [0.5, 0.6) is 0 Å². The molecule has 1 fully saturated rings. The first-order valence-corrected chi connectivity index (χ1v) is 6.62. The van der Waals surface area contributed by atoms with Gasteiger partial charge < -0.3 is 15.1 Å². The largest absolute Gasteiger partial charge is 0.456 e. The zero-order valence-electron chi connectivity index (χ0n) is 11.4. The van der Waals surface area contributed by atoms with Gasteiger partial charge in [-0.05, 0) is 38.7 Å². The fourth-order valence-electron chi connectivity index (χ4n) is 2.84. The Bertz CT molecular complexity index is 439. The van der Waals surface area contributed by atoms with Gasteiger partial charge in [0, 0.05) is 24.7 Å². The number of furan rings is 1. The lowest BCUT2D eigenvalue weighted by molar-refractivity contribution is 0.0499. The van der Waals surface area contributed by atoms with Crippen molar-refractivity contribution in [2.75, 3.05) is 13.1 Å². The molecule has 1 saturated heterocycles. The Morgan fingerprint density at radius 2 is 2.28 bits per heavy atom. The summed E-state index contributed by atoms with van der Waals surface area (Å²) in [7, 11) is 0. The highest BCUT2D eigenvalue weighted by Gasteiger charge is 2.33. The lowest BCUT2D eigenvalue weighted by Crippen LogP contribution is -2.51. The van der Waals surface area contributed by atoms with Gasteiger partial charge >= 0.3 is 0 Å². The van der Waals surface area contributed by atoms with Gasteiger partial charge in [-0.3, -0.25) is 4.79 Å². The average molecular weight is 250 g/mol. The van der Waals surface area contributed by atoms with E-state index in [2.05, 4.69) is 6.92 Å². The number of carbonyl (C=O) groups excluding carboxylic acids is 1. The van der Waals surface area contributed by atoms with Crippen molar-refractivity contribution in [2.45, 2.75) is 39.7 Å². The molecule has 0 aromatic carbocycles. The van der Waals surface area contributed by atoms with E-state index in [9.17, 15) is 4.79 Å². The molecule has 1 aromatic heterocycles. The van der Waals surface area contributed by atoms with Crippen LogP contribution in [0.3, 0.4) is 0 Å². The molecule has 1 aliphatic heterocycles. The van der Waals surface area contributed by atoms with Crippen LogP contribution in [-0.2, 0) is 0 Å². The number of hydrogen-bond donors (Lipinski definition) is 1. The molecule has 4 nitrogen and oxygen atoms in total. The molecule has 2 N–H and O–H groups in total. The minimum atomic E-state index is -0.0115. The summed E-state index contributed by atoms with van der Waals surface area (Å²) in [5, 5.41) is 0. The highest BCUT2D eigenvalue weighted by molar-refractivity contribution is 5.93. The van der Waals surface area contributed by atoms with E-state index in [0.717, 1.165) is 30.7 Å². The van der Waals surface area contributed by atoms with E-state index >= 15 is 0 Å². The monoisotopic (exact) mass is 250 g/mol. The number of likely N-dealkylation sites (tertiary alicyclic amines) is 1. The van der Waals surface area contributed by atoms with Gasteiger partial charge in [0.1, 0.15) is 5.76 Å². The maximum atomic E-state index is 12.5. The van der Waals surface area contributed by atoms with Crippen molar-refractivity contribution in [1.82, 2.24) is 4.90 Å². The summed E-state index contributed by atoms with van der Waals surface area (Å²) < 4.78 is 5.53. The molecule has 0 radical (unpaired) electrons. The number of aryl methyl sites for hydroxylation is 2. The normalized spacial score (nSPS) is 24.3. The summed E-state index contributed by atoms with van der Waals surface area (Å²) in [4.78, 5) is 14.4. The van der Waals surface area contributed by atoms with Crippen LogP contribution < -0.4 is 5.73 Å². The Labute approximate surface area is 108 Å². The van der Waals surface area contributed by atoms with Crippen molar-refractivity contribution in [2.24, 2.45) is 11.7 Å². The van der Waals surface area contributed by atoms with Crippen LogP contribution in [0, 0.1) is 19.8 Å². The second kappa shape index (κ2) is 5.14. The summed E-state index contributed by atoms with van der Waals surface area (Å²) in [6.45, 7) is 7.24. The number of piperidine rings is 1. The predicted molar refractivity (Wildman–Crippen MR) is 70.5 cm³/mol. The third kappa shape index (κ3) is 2.29. The summed E-state index contributed by atoms with van der Waals surface area (Å²) in [6.07, 6.45) is 2.18. The van der Waals surface area contributed by atoms with E-state index in [1.165, 1.54) is 0 Å². The number of amides is 1.